The number of amides is 1. The van der Waals surface area contributed by atoms with Gasteiger partial charge >= 0.3 is 5.69 Å². The van der Waals surface area contributed by atoms with Gasteiger partial charge in [0, 0.05) is 18.2 Å². The molecule has 10 heteroatoms. The summed E-state index contributed by atoms with van der Waals surface area (Å²) in [5.41, 5.74) is 0.00676. The van der Waals surface area contributed by atoms with E-state index < -0.39 is 11.6 Å². The molecule has 0 bridgehead atoms. The topological polar surface area (TPSA) is 104 Å². The molecule has 9 nitrogen and oxygen atoms in total. The number of aromatic nitrogens is 3. The molecule has 1 aliphatic rings. The van der Waals surface area contributed by atoms with Crippen molar-refractivity contribution in [3.63, 3.8) is 0 Å². The second-order valence-corrected chi connectivity index (χ2v) is 8.80. The van der Waals surface area contributed by atoms with Gasteiger partial charge in [-0.15, -0.1) is 11.3 Å². The molecule has 0 aliphatic carbocycles. The minimum atomic E-state index is -0.540. The molecule has 1 atom stereocenters. The number of carbonyl (C=O) groups excluding carboxylic acids is 1. The number of ether oxygens (including phenoxy) is 2. The van der Waals surface area contributed by atoms with E-state index in [-0.39, 0.29) is 24.8 Å². The van der Waals surface area contributed by atoms with Crippen molar-refractivity contribution in [2.24, 2.45) is 0 Å². The maximum Gasteiger partial charge on any atom is 0.332 e. The van der Waals surface area contributed by atoms with E-state index in [0.717, 1.165) is 12.8 Å². The van der Waals surface area contributed by atoms with E-state index in [1.54, 1.807) is 42.6 Å². The molecule has 1 unspecified atom stereocenters. The van der Waals surface area contributed by atoms with Crippen LogP contribution in [0.3, 0.4) is 0 Å². The van der Waals surface area contributed by atoms with Crippen molar-refractivity contribution < 1.29 is 14.3 Å². The number of carbonyl (C=O) groups is 1. The second kappa shape index (κ2) is 8.80. The van der Waals surface area contributed by atoms with Crippen LogP contribution in [0.4, 0.5) is 5.69 Å². The maximum absolute atomic E-state index is 13.5. The summed E-state index contributed by atoms with van der Waals surface area (Å²) in [5.74, 6) is 0.102. The second-order valence-electron chi connectivity index (χ2n) is 7.80. The molecule has 3 aromatic heterocycles. The largest absolute Gasteiger partial charge is 0.495 e. The van der Waals surface area contributed by atoms with Crippen molar-refractivity contribution >= 4 is 43.4 Å². The Kier molecular flexibility index (Phi) is 5.69. The molecule has 1 fully saturated rings. The number of nitrogens with one attached hydrogen (secondary N) is 1. The number of para-hydroxylation sites is 2. The highest BCUT2D eigenvalue weighted by molar-refractivity contribution is 7.25. The lowest BCUT2D eigenvalue weighted by molar-refractivity contribution is -0.116. The summed E-state index contributed by atoms with van der Waals surface area (Å²) in [7, 11) is 1.52. The average Bonchev–Trinajstić information content (AvgIpc) is 3.48. The van der Waals surface area contributed by atoms with Crippen LogP contribution in [0.25, 0.3) is 20.4 Å². The summed E-state index contributed by atoms with van der Waals surface area (Å²) in [6.07, 6.45) is 3.12. The standard InChI is InChI=1S/C23H22N4O5S/c1-31-17-9-3-2-8-16(17)25-18(28)13-26-19-15-7-4-10-24-21(15)33-20(19)22(29)27(23(26)30)12-14-6-5-11-32-14/h2-4,7-10,14H,5-6,11-13H2,1H3,(H,25,28). The van der Waals surface area contributed by atoms with Gasteiger partial charge in [0.2, 0.25) is 5.91 Å². The fraction of sp³-hybridized carbons (Fsp3) is 0.304. The molecule has 1 aliphatic heterocycles. The lowest BCUT2D eigenvalue weighted by atomic mass is 10.2. The Bertz CT molecular complexity index is 1470. The van der Waals surface area contributed by atoms with Crippen LogP contribution in [0, 0.1) is 0 Å². The Morgan fingerprint density at radius 3 is 2.88 bits per heavy atom. The van der Waals surface area contributed by atoms with Crippen LogP contribution < -0.4 is 21.3 Å². The zero-order chi connectivity index (χ0) is 22.9. The number of benzene rings is 1. The van der Waals surface area contributed by atoms with Crippen molar-refractivity contribution in [3.05, 3.63) is 63.4 Å². The normalized spacial score (nSPS) is 15.8. The molecule has 0 saturated carbocycles. The maximum atomic E-state index is 13.5. The van der Waals surface area contributed by atoms with Gasteiger partial charge in [-0.25, -0.2) is 9.78 Å². The van der Waals surface area contributed by atoms with E-state index in [1.807, 2.05) is 0 Å². The van der Waals surface area contributed by atoms with Crippen molar-refractivity contribution in [1.82, 2.24) is 14.1 Å². The quantitative estimate of drug-likeness (QED) is 0.468. The Balaban J connectivity index is 1.62. The average molecular weight is 467 g/mol. The van der Waals surface area contributed by atoms with Gasteiger partial charge in [-0.1, -0.05) is 12.1 Å². The van der Waals surface area contributed by atoms with E-state index in [0.29, 0.717) is 38.5 Å². The third-order valence-corrected chi connectivity index (χ3v) is 6.79. The van der Waals surface area contributed by atoms with Gasteiger partial charge in [-0.05, 0) is 37.1 Å². The number of anilines is 1. The highest BCUT2D eigenvalue weighted by atomic mass is 32.1. The smallest absolute Gasteiger partial charge is 0.332 e. The van der Waals surface area contributed by atoms with Crippen LogP contribution in [0.15, 0.2) is 52.2 Å². The number of fused-ring (bicyclic) bond motifs is 3. The van der Waals surface area contributed by atoms with Crippen molar-refractivity contribution in [2.45, 2.75) is 32.0 Å². The fourth-order valence-electron chi connectivity index (χ4n) is 4.16. The third-order valence-electron chi connectivity index (χ3n) is 5.70. The Hall–Kier alpha value is -3.50. The number of methoxy groups -OCH3 is 1. The van der Waals surface area contributed by atoms with Crippen LogP contribution in [-0.2, 0) is 22.6 Å². The van der Waals surface area contributed by atoms with E-state index in [4.69, 9.17) is 9.47 Å². The first-order valence-corrected chi connectivity index (χ1v) is 11.4. The fourth-order valence-corrected chi connectivity index (χ4v) is 5.26. The number of pyridine rings is 1. The molecule has 4 aromatic rings. The minimum absolute atomic E-state index is 0.156. The Morgan fingerprint density at radius 2 is 2.09 bits per heavy atom. The molecular formula is C23H22N4O5S. The van der Waals surface area contributed by atoms with E-state index >= 15 is 0 Å². The number of hydrogen-bond donors (Lipinski definition) is 1. The highest BCUT2D eigenvalue weighted by Crippen LogP contribution is 2.29. The molecule has 33 heavy (non-hydrogen) atoms. The lowest BCUT2D eigenvalue weighted by Crippen LogP contribution is -2.43. The van der Waals surface area contributed by atoms with Crippen LogP contribution in [-0.4, -0.2) is 39.8 Å². The number of hydrogen-bond acceptors (Lipinski definition) is 7. The van der Waals surface area contributed by atoms with Crippen molar-refractivity contribution in [2.75, 3.05) is 19.0 Å². The molecular weight excluding hydrogens is 444 g/mol. The predicted octanol–water partition coefficient (Wildman–Crippen LogP) is 2.60. The van der Waals surface area contributed by atoms with E-state index in [1.165, 1.54) is 27.6 Å². The number of thiophene rings is 1. The van der Waals surface area contributed by atoms with Crippen LogP contribution in [0.2, 0.25) is 0 Å². The van der Waals surface area contributed by atoms with Gasteiger partial charge in [-0.3, -0.25) is 18.7 Å². The van der Waals surface area contributed by atoms with Crippen LogP contribution >= 0.6 is 11.3 Å². The molecule has 0 radical (unpaired) electrons. The summed E-state index contributed by atoms with van der Waals surface area (Å²) in [6.45, 7) is 0.507. The zero-order valence-electron chi connectivity index (χ0n) is 17.9. The molecule has 1 aromatic carbocycles. The summed E-state index contributed by atoms with van der Waals surface area (Å²) in [6, 6.07) is 10.6. The molecule has 1 amide bonds. The highest BCUT2D eigenvalue weighted by Gasteiger charge is 2.24. The molecule has 0 spiro atoms. The molecule has 170 valence electrons. The molecule has 1 N–H and O–H groups in total. The summed E-state index contributed by atoms with van der Waals surface area (Å²) in [4.78, 5) is 44.7. The zero-order valence-corrected chi connectivity index (χ0v) is 18.8. The predicted molar refractivity (Wildman–Crippen MR) is 126 cm³/mol. The summed E-state index contributed by atoms with van der Waals surface area (Å²) in [5, 5.41) is 3.47. The summed E-state index contributed by atoms with van der Waals surface area (Å²) >= 11 is 1.22. The van der Waals surface area contributed by atoms with Crippen LogP contribution in [0.1, 0.15) is 12.8 Å². The van der Waals surface area contributed by atoms with E-state index in [2.05, 4.69) is 10.3 Å². The Labute approximate surface area is 192 Å². The van der Waals surface area contributed by atoms with Gasteiger partial charge in [0.25, 0.3) is 5.56 Å². The van der Waals surface area contributed by atoms with Gasteiger partial charge < -0.3 is 14.8 Å². The molecule has 5 rings (SSSR count). The van der Waals surface area contributed by atoms with Gasteiger partial charge in [0.05, 0.1) is 31.0 Å². The molecule has 1 saturated heterocycles. The van der Waals surface area contributed by atoms with Gasteiger partial charge in [0.15, 0.2) is 0 Å². The van der Waals surface area contributed by atoms with Crippen LogP contribution in [0.5, 0.6) is 5.75 Å². The molecule has 4 heterocycles. The minimum Gasteiger partial charge on any atom is -0.495 e. The number of rotatable bonds is 6. The van der Waals surface area contributed by atoms with E-state index in [9.17, 15) is 14.4 Å². The van der Waals surface area contributed by atoms with Crippen molar-refractivity contribution in [3.8, 4) is 5.75 Å². The van der Waals surface area contributed by atoms with Gasteiger partial charge in [-0.2, -0.15) is 0 Å². The first kappa shape index (κ1) is 21.4. The third kappa shape index (κ3) is 3.91. The van der Waals surface area contributed by atoms with Gasteiger partial charge in [0.1, 0.15) is 21.8 Å². The lowest BCUT2D eigenvalue weighted by Gasteiger charge is -2.15. The first-order valence-electron chi connectivity index (χ1n) is 10.6. The first-order chi connectivity index (χ1) is 16.1. The monoisotopic (exact) mass is 466 g/mol. The number of nitrogens with zero attached hydrogens (tertiary/aromatic N) is 3. The SMILES string of the molecule is COc1ccccc1NC(=O)Cn1c(=O)n(CC2CCCO2)c(=O)c2sc3ncccc3c21. The summed E-state index contributed by atoms with van der Waals surface area (Å²) < 4.78 is 13.9. The van der Waals surface area contributed by atoms with Crippen molar-refractivity contribution in [1.29, 1.82) is 0 Å². The Morgan fingerprint density at radius 1 is 1.24 bits per heavy atom.